The molecule has 1 rings (SSSR count). The molecule has 0 aliphatic carbocycles. The van der Waals surface area contributed by atoms with Gasteiger partial charge in [-0.1, -0.05) is 13.8 Å². The fourth-order valence-electron chi connectivity index (χ4n) is 2.27. The Morgan fingerprint density at radius 2 is 1.90 bits per heavy atom. The first-order chi connectivity index (χ1) is 13.4. The second kappa shape index (κ2) is 11.2. The van der Waals surface area contributed by atoms with Crippen LogP contribution in [-0.2, 0) is 23.8 Å². The fourth-order valence-corrected chi connectivity index (χ4v) is 2.78. The van der Waals surface area contributed by atoms with Crippen LogP contribution < -0.4 is 10.6 Å². The molecule has 29 heavy (non-hydrogen) atoms. The molecule has 0 bridgehead atoms. The molecule has 1 heterocycles. The average Bonchev–Trinajstić information content (AvgIpc) is 2.59. The Bertz CT molecular complexity index is 605. The number of hydrogen-bond donors (Lipinski definition) is 2. The van der Waals surface area contributed by atoms with Crippen molar-refractivity contribution in [2.45, 2.75) is 26.4 Å². The van der Waals surface area contributed by atoms with Gasteiger partial charge in [-0.15, -0.1) is 0 Å². The lowest BCUT2D eigenvalue weighted by Crippen LogP contribution is -2.49. The summed E-state index contributed by atoms with van der Waals surface area (Å²) in [6.07, 6.45) is -2.17. The number of hydrogen-bond acceptors (Lipinski definition) is 8. The molecule has 10 nitrogen and oxygen atoms in total. The fraction of sp³-hybridized carbons (Fsp3) is 0.778. The molecule has 0 aromatic rings. The van der Waals surface area contributed by atoms with Crippen molar-refractivity contribution in [1.29, 1.82) is 0 Å². The topological polar surface area (TPSA) is 120 Å². The maximum atomic E-state index is 12.6. The van der Waals surface area contributed by atoms with Crippen molar-refractivity contribution in [2.24, 2.45) is 5.41 Å². The highest BCUT2D eigenvalue weighted by Gasteiger charge is 2.40. The molecule has 2 N–H and O–H groups in total. The van der Waals surface area contributed by atoms with Crippen LogP contribution in [0.1, 0.15) is 20.3 Å². The van der Waals surface area contributed by atoms with Gasteiger partial charge in [-0.2, -0.15) is 0 Å². The molecule has 0 saturated carbocycles. The van der Waals surface area contributed by atoms with Gasteiger partial charge in [0.1, 0.15) is 19.8 Å². The lowest BCUT2D eigenvalue weighted by molar-refractivity contribution is -0.870. The number of nitrogens with one attached hydrogen (secondary N) is 2. The molecular formula is C18H32N3O7S+. The van der Waals surface area contributed by atoms with Crippen LogP contribution >= 0.6 is 11.8 Å². The molecule has 2 amide bonds. The number of ether oxygens (including phenoxy) is 3. The first kappa shape index (κ1) is 25.0. The lowest BCUT2D eigenvalue weighted by Gasteiger charge is -2.32. The minimum atomic E-state index is -1.26. The first-order valence-corrected chi connectivity index (χ1v) is 10.4. The van der Waals surface area contributed by atoms with Gasteiger partial charge in [-0.3, -0.25) is 9.59 Å². The van der Waals surface area contributed by atoms with E-state index in [1.807, 2.05) is 21.1 Å². The van der Waals surface area contributed by atoms with Crippen LogP contribution in [0.25, 0.3) is 0 Å². The highest BCUT2D eigenvalue weighted by Crippen LogP contribution is 2.26. The SMILES string of the molecule is CC1(C)COC(=O)SCCNC(=O)CCNC(=O)[C@@H]1OC(=O)OCC[N+](C)(C)C. The molecule has 0 aromatic carbocycles. The summed E-state index contributed by atoms with van der Waals surface area (Å²) in [6.45, 7) is 4.27. The predicted molar refractivity (Wildman–Crippen MR) is 107 cm³/mol. The van der Waals surface area contributed by atoms with Gasteiger partial charge in [0.25, 0.3) is 5.91 Å². The van der Waals surface area contributed by atoms with Crippen LogP contribution in [0.15, 0.2) is 0 Å². The Labute approximate surface area is 175 Å². The van der Waals surface area contributed by atoms with Gasteiger partial charge in [-0.05, 0) is 11.8 Å². The molecule has 166 valence electrons. The molecule has 0 aromatic heterocycles. The van der Waals surface area contributed by atoms with Crippen LogP contribution in [0, 0.1) is 5.41 Å². The molecule has 0 unspecified atom stereocenters. The summed E-state index contributed by atoms with van der Waals surface area (Å²) in [5, 5.41) is 4.70. The third-order valence-electron chi connectivity index (χ3n) is 4.00. The largest absolute Gasteiger partial charge is 0.509 e. The minimum Gasteiger partial charge on any atom is -0.457 e. The standard InChI is InChI=1S/C18H31N3O7S/c1-18(2)12-27-17(25)29-11-8-19-13(22)6-7-20-15(23)14(18)28-16(24)26-10-9-21(3,4)5/h14H,6-12H2,1-5H3,(H-,19,20,22,23)/p+1/t14-/m0/s1. The van der Waals surface area contributed by atoms with Gasteiger partial charge in [0.05, 0.1) is 21.1 Å². The van der Waals surface area contributed by atoms with Crippen molar-refractivity contribution < 1.29 is 37.9 Å². The van der Waals surface area contributed by atoms with Crippen LogP contribution in [0.5, 0.6) is 0 Å². The lowest BCUT2D eigenvalue weighted by atomic mass is 9.86. The summed E-state index contributed by atoms with van der Waals surface area (Å²) in [4.78, 5) is 48.3. The van der Waals surface area contributed by atoms with Gasteiger partial charge >= 0.3 is 11.5 Å². The summed E-state index contributed by atoms with van der Waals surface area (Å²) in [5.74, 6) is -0.476. The Balaban J connectivity index is 2.82. The number of amides is 2. The number of nitrogens with zero attached hydrogens (tertiary/aromatic N) is 1. The van der Waals surface area contributed by atoms with Crippen molar-refractivity contribution in [3.63, 3.8) is 0 Å². The number of carbonyl (C=O) groups excluding carboxylic acids is 4. The van der Waals surface area contributed by atoms with E-state index in [1.54, 1.807) is 13.8 Å². The Morgan fingerprint density at radius 1 is 1.21 bits per heavy atom. The van der Waals surface area contributed by atoms with Crippen molar-refractivity contribution in [2.75, 3.05) is 59.7 Å². The second-order valence-corrected chi connectivity index (χ2v) is 9.41. The third kappa shape index (κ3) is 10.4. The van der Waals surface area contributed by atoms with Gasteiger partial charge in [0, 0.05) is 30.7 Å². The van der Waals surface area contributed by atoms with Crippen LogP contribution in [0.3, 0.4) is 0 Å². The van der Waals surface area contributed by atoms with E-state index in [2.05, 4.69) is 10.6 Å². The van der Waals surface area contributed by atoms with E-state index < -0.39 is 28.9 Å². The minimum absolute atomic E-state index is 0.0714. The van der Waals surface area contributed by atoms with Gasteiger partial charge < -0.3 is 29.3 Å². The third-order valence-corrected chi connectivity index (χ3v) is 4.76. The van der Waals surface area contributed by atoms with Crippen molar-refractivity contribution >= 4 is 35.0 Å². The zero-order chi connectivity index (χ0) is 22.1. The Kier molecular flexibility index (Phi) is 9.71. The summed E-state index contributed by atoms with van der Waals surface area (Å²) < 4.78 is 16.2. The Morgan fingerprint density at radius 3 is 2.55 bits per heavy atom. The number of cyclic esters (lactones) is 1. The number of quaternary nitrogens is 1. The Hall–Kier alpha value is -2.01. The van der Waals surface area contributed by atoms with Crippen LogP contribution in [0.2, 0.25) is 0 Å². The number of carbonyl (C=O) groups is 4. The first-order valence-electron chi connectivity index (χ1n) is 9.38. The quantitative estimate of drug-likeness (QED) is 0.491. The number of likely N-dealkylation sites (N-methyl/N-ethyl adjacent to an activating group) is 1. The molecule has 1 saturated heterocycles. The van der Waals surface area contributed by atoms with E-state index in [0.29, 0.717) is 23.3 Å². The maximum absolute atomic E-state index is 12.6. The zero-order valence-electron chi connectivity index (χ0n) is 17.7. The summed E-state index contributed by atoms with van der Waals surface area (Å²) in [5.41, 5.74) is -1.01. The average molecular weight is 435 g/mol. The molecule has 0 spiro atoms. The molecule has 1 atom stereocenters. The van der Waals surface area contributed by atoms with E-state index in [-0.39, 0.29) is 32.1 Å². The molecular weight excluding hydrogens is 402 g/mol. The van der Waals surface area contributed by atoms with Gasteiger partial charge in [0.15, 0.2) is 6.10 Å². The van der Waals surface area contributed by atoms with E-state index in [1.165, 1.54) is 0 Å². The number of thioether (sulfide) groups is 1. The highest BCUT2D eigenvalue weighted by atomic mass is 32.2. The van der Waals surface area contributed by atoms with E-state index >= 15 is 0 Å². The summed E-state index contributed by atoms with van der Waals surface area (Å²) >= 11 is 0.924. The smallest absolute Gasteiger partial charge is 0.457 e. The monoisotopic (exact) mass is 434 g/mol. The molecule has 1 aliphatic rings. The van der Waals surface area contributed by atoms with Gasteiger partial charge in [0.2, 0.25) is 5.91 Å². The van der Waals surface area contributed by atoms with E-state index in [0.717, 1.165) is 11.8 Å². The van der Waals surface area contributed by atoms with Crippen LogP contribution in [-0.4, -0.2) is 93.6 Å². The molecule has 11 heteroatoms. The normalized spacial score (nSPS) is 21.8. The summed E-state index contributed by atoms with van der Waals surface area (Å²) in [6, 6.07) is 0. The van der Waals surface area contributed by atoms with Crippen molar-refractivity contribution in [1.82, 2.24) is 10.6 Å². The zero-order valence-corrected chi connectivity index (χ0v) is 18.6. The molecule has 1 aliphatic heterocycles. The van der Waals surface area contributed by atoms with Gasteiger partial charge in [-0.25, -0.2) is 9.59 Å². The van der Waals surface area contributed by atoms with E-state index in [9.17, 15) is 19.2 Å². The highest BCUT2D eigenvalue weighted by molar-refractivity contribution is 8.13. The van der Waals surface area contributed by atoms with Crippen molar-refractivity contribution in [3.05, 3.63) is 0 Å². The van der Waals surface area contributed by atoms with E-state index in [4.69, 9.17) is 14.2 Å². The molecule has 0 radical (unpaired) electrons. The van der Waals surface area contributed by atoms with Crippen molar-refractivity contribution in [3.8, 4) is 0 Å². The number of rotatable bonds is 4. The predicted octanol–water partition coefficient (Wildman–Crippen LogP) is 0.747. The maximum Gasteiger partial charge on any atom is 0.509 e. The second-order valence-electron chi connectivity index (χ2n) is 8.38. The summed E-state index contributed by atoms with van der Waals surface area (Å²) in [7, 11) is 5.85. The van der Waals surface area contributed by atoms with Crippen LogP contribution in [0.4, 0.5) is 9.59 Å². The molecule has 1 fully saturated rings.